The van der Waals surface area contributed by atoms with E-state index >= 15 is 0 Å². The van der Waals surface area contributed by atoms with E-state index in [1.807, 2.05) is 29.2 Å². The number of rotatable bonds is 9. The van der Waals surface area contributed by atoms with Crippen LogP contribution in [0.4, 0.5) is 0 Å². The van der Waals surface area contributed by atoms with E-state index in [0.29, 0.717) is 24.4 Å². The Kier molecular flexibility index (Phi) is 8.99. The summed E-state index contributed by atoms with van der Waals surface area (Å²) in [6.45, 7) is 3.98. The molecule has 2 aliphatic heterocycles. The maximum Gasteiger partial charge on any atom is 0.254 e. The van der Waals surface area contributed by atoms with Gasteiger partial charge < -0.3 is 23.8 Å². The minimum absolute atomic E-state index is 0.0537. The number of likely N-dealkylation sites (tertiary alicyclic amines) is 1. The van der Waals surface area contributed by atoms with Gasteiger partial charge in [0.2, 0.25) is 0 Å². The zero-order valence-corrected chi connectivity index (χ0v) is 26.7. The average molecular weight is 607 g/mol. The fourth-order valence-corrected chi connectivity index (χ4v) is 6.99. The minimum Gasteiger partial charge on any atom is -0.497 e. The van der Waals surface area contributed by atoms with Gasteiger partial charge in [0, 0.05) is 37.2 Å². The molecule has 7 heteroatoms. The summed E-state index contributed by atoms with van der Waals surface area (Å²) in [4.78, 5) is 18.0. The summed E-state index contributed by atoms with van der Waals surface area (Å²) in [5.41, 5.74) is 6.65. The number of ether oxygens (including phenoxy) is 4. The molecule has 0 saturated carbocycles. The molecule has 6 rings (SSSR count). The molecular weight excluding hydrogens is 564 g/mol. The lowest BCUT2D eigenvalue weighted by Gasteiger charge is -2.44. The number of methoxy groups -OCH3 is 4. The van der Waals surface area contributed by atoms with Crippen LogP contribution in [0.15, 0.2) is 84.9 Å². The molecule has 0 N–H and O–H groups in total. The summed E-state index contributed by atoms with van der Waals surface area (Å²) in [5.74, 6) is 3.19. The predicted molar refractivity (Wildman–Crippen MR) is 176 cm³/mol. The van der Waals surface area contributed by atoms with Crippen LogP contribution in [0.2, 0.25) is 0 Å². The number of carbonyl (C=O) groups is 1. The highest BCUT2D eigenvalue weighted by atomic mass is 16.5. The van der Waals surface area contributed by atoms with Crippen molar-refractivity contribution in [3.8, 4) is 23.0 Å². The van der Waals surface area contributed by atoms with E-state index in [1.165, 1.54) is 22.3 Å². The molecule has 1 saturated heterocycles. The normalized spacial score (nSPS) is 16.0. The number of hydrogen-bond donors (Lipinski definition) is 0. The molecular formula is C38H42N2O5. The van der Waals surface area contributed by atoms with Crippen LogP contribution in [-0.4, -0.2) is 63.8 Å². The van der Waals surface area contributed by atoms with Crippen LogP contribution in [0.1, 0.15) is 51.0 Å². The van der Waals surface area contributed by atoms with Crippen molar-refractivity contribution in [3.63, 3.8) is 0 Å². The van der Waals surface area contributed by atoms with Crippen molar-refractivity contribution in [2.45, 2.75) is 37.8 Å². The molecule has 2 aliphatic rings. The van der Waals surface area contributed by atoms with Crippen LogP contribution >= 0.6 is 0 Å². The fourth-order valence-electron chi connectivity index (χ4n) is 6.99. The Hall–Kier alpha value is -4.49. The average Bonchev–Trinajstić information content (AvgIpc) is 3.10. The van der Waals surface area contributed by atoms with Gasteiger partial charge in [0.1, 0.15) is 11.5 Å². The Morgan fingerprint density at radius 1 is 0.711 bits per heavy atom. The van der Waals surface area contributed by atoms with Gasteiger partial charge in [0.05, 0.1) is 28.4 Å². The summed E-state index contributed by atoms with van der Waals surface area (Å²) in [6, 6.07) is 29.3. The summed E-state index contributed by atoms with van der Waals surface area (Å²) >= 11 is 0. The van der Waals surface area contributed by atoms with Gasteiger partial charge in [0.15, 0.2) is 11.5 Å². The SMILES string of the molecule is COc1ccc(C2(c3ccc(OC)cc3)CCCN(Cc3ccc(C(=O)N4CCc5cc(OC)c(OC)cc5C4)cc3)C2)cc1. The monoisotopic (exact) mass is 606 g/mol. The first kappa shape index (κ1) is 30.5. The number of benzene rings is 4. The molecule has 45 heavy (non-hydrogen) atoms. The molecule has 0 aliphatic carbocycles. The van der Waals surface area contributed by atoms with E-state index in [2.05, 4.69) is 65.6 Å². The summed E-state index contributed by atoms with van der Waals surface area (Å²) in [7, 11) is 6.70. The first-order chi connectivity index (χ1) is 22.0. The van der Waals surface area contributed by atoms with Crippen molar-refractivity contribution < 1.29 is 23.7 Å². The highest BCUT2D eigenvalue weighted by Crippen LogP contribution is 2.42. The van der Waals surface area contributed by atoms with Crippen molar-refractivity contribution in [1.29, 1.82) is 0 Å². The third-order valence-corrected chi connectivity index (χ3v) is 9.47. The standard InChI is InChI=1S/C38H42N2O5/c1-42-33-14-10-31(11-15-33)38(32-12-16-34(43-2)17-13-32)19-5-20-39(26-38)24-27-6-8-28(9-7-27)37(41)40-21-18-29-22-35(44-3)36(45-4)23-30(29)25-40/h6-17,22-23H,5,18-21,24-26H2,1-4H3. The number of piperidine rings is 1. The molecule has 0 aromatic heterocycles. The summed E-state index contributed by atoms with van der Waals surface area (Å²) in [5, 5.41) is 0. The molecule has 0 spiro atoms. The number of fused-ring (bicyclic) bond motifs is 1. The molecule has 0 bridgehead atoms. The topological polar surface area (TPSA) is 60.5 Å². The molecule has 0 radical (unpaired) electrons. The lowest BCUT2D eigenvalue weighted by Crippen LogP contribution is -2.46. The summed E-state index contributed by atoms with van der Waals surface area (Å²) < 4.78 is 21.9. The number of amides is 1. The second kappa shape index (κ2) is 13.2. The van der Waals surface area contributed by atoms with Crippen LogP contribution < -0.4 is 18.9 Å². The third-order valence-electron chi connectivity index (χ3n) is 9.47. The van der Waals surface area contributed by atoms with Crippen LogP contribution in [0.25, 0.3) is 0 Å². The first-order valence-corrected chi connectivity index (χ1v) is 15.6. The highest BCUT2D eigenvalue weighted by molar-refractivity contribution is 5.94. The first-order valence-electron chi connectivity index (χ1n) is 15.6. The van der Waals surface area contributed by atoms with Crippen LogP contribution in [0.5, 0.6) is 23.0 Å². The van der Waals surface area contributed by atoms with Gasteiger partial charge in [-0.1, -0.05) is 36.4 Å². The van der Waals surface area contributed by atoms with Gasteiger partial charge >= 0.3 is 0 Å². The van der Waals surface area contributed by atoms with Gasteiger partial charge in [0.25, 0.3) is 5.91 Å². The molecule has 0 atom stereocenters. The molecule has 1 fully saturated rings. The van der Waals surface area contributed by atoms with Crippen LogP contribution in [0, 0.1) is 0 Å². The zero-order chi connectivity index (χ0) is 31.4. The van der Waals surface area contributed by atoms with Crippen LogP contribution in [0.3, 0.4) is 0 Å². The van der Waals surface area contributed by atoms with E-state index in [9.17, 15) is 4.79 Å². The molecule has 1 amide bonds. The molecule has 234 valence electrons. The zero-order valence-electron chi connectivity index (χ0n) is 26.7. The van der Waals surface area contributed by atoms with Crippen molar-refractivity contribution >= 4 is 5.91 Å². The number of nitrogens with zero attached hydrogens (tertiary/aromatic N) is 2. The van der Waals surface area contributed by atoms with Gasteiger partial charge in [-0.3, -0.25) is 9.69 Å². The van der Waals surface area contributed by atoms with Gasteiger partial charge in [-0.05, 0) is 102 Å². The number of hydrogen-bond acceptors (Lipinski definition) is 6. The largest absolute Gasteiger partial charge is 0.497 e. The molecule has 0 unspecified atom stereocenters. The third kappa shape index (κ3) is 6.22. The smallest absolute Gasteiger partial charge is 0.254 e. The maximum absolute atomic E-state index is 13.5. The molecule has 4 aromatic carbocycles. The predicted octanol–water partition coefficient (Wildman–Crippen LogP) is 6.50. The Morgan fingerprint density at radius 2 is 1.29 bits per heavy atom. The molecule has 4 aromatic rings. The second-order valence-electron chi connectivity index (χ2n) is 12.0. The van der Waals surface area contributed by atoms with E-state index in [1.54, 1.807) is 28.4 Å². The number of carbonyl (C=O) groups excluding carboxylic acids is 1. The Labute approximate surface area is 266 Å². The fraction of sp³-hybridized carbons (Fsp3) is 0.342. The van der Waals surface area contributed by atoms with Crippen LogP contribution in [-0.2, 0) is 24.9 Å². The van der Waals surface area contributed by atoms with Crippen molar-refractivity contribution in [3.05, 3.63) is 118 Å². The lowest BCUT2D eigenvalue weighted by molar-refractivity contribution is 0.0734. The quantitative estimate of drug-likeness (QED) is 0.217. The van der Waals surface area contributed by atoms with Gasteiger partial charge in [-0.2, -0.15) is 0 Å². The molecule has 2 heterocycles. The van der Waals surface area contributed by atoms with E-state index in [0.717, 1.165) is 61.7 Å². The molecule has 7 nitrogen and oxygen atoms in total. The van der Waals surface area contributed by atoms with Gasteiger partial charge in [-0.15, -0.1) is 0 Å². The Balaban J connectivity index is 1.17. The van der Waals surface area contributed by atoms with Crippen molar-refractivity contribution in [1.82, 2.24) is 9.80 Å². The van der Waals surface area contributed by atoms with E-state index < -0.39 is 0 Å². The van der Waals surface area contributed by atoms with Crippen molar-refractivity contribution in [2.75, 3.05) is 48.1 Å². The van der Waals surface area contributed by atoms with E-state index in [-0.39, 0.29) is 11.3 Å². The van der Waals surface area contributed by atoms with E-state index in [4.69, 9.17) is 18.9 Å². The Bertz CT molecular complexity index is 1570. The van der Waals surface area contributed by atoms with Crippen molar-refractivity contribution in [2.24, 2.45) is 0 Å². The Morgan fingerprint density at radius 3 is 1.84 bits per heavy atom. The summed E-state index contributed by atoms with van der Waals surface area (Å²) in [6.07, 6.45) is 2.94. The highest BCUT2D eigenvalue weighted by Gasteiger charge is 2.39. The maximum atomic E-state index is 13.5. The lowest BCUT2D eigenvalue weighted by atomic mass is 9.69. The second-order valence-corrected chi connectivity index (χ2v) is 12.0. The van der Waals surface area contributed by atoms with Gasteiger partial charge in [-0.25, -0.2) is 0 Å². The minimum atomic E-state index is -0.149.